The van der Waals surface area contributed by atoms with E-state index in [1.807, 2.05) is 31.5 Å². The predicted molar refractivity (Wildman–Crippen MR) is 83.8 cm³/mol. The van der Waals surface area contributed by atoms with E-state index in [0.29, 0.717) is 18.7 Å². The Morgan fingerprint density at radius 1 is 1.48 bits per heavy atom. The lowest BCUT2D eigenvalue weighted by Crippen LogP contribution is -2.43. The number of fused-ring (bicyclic) bond motifs is 1. The number of nitrogens with zero attached hydrogens (tertiary/aromatic N) is 2. The minimum absolute atomic E-state index is 0.0791. The van der Waals surface area contributed by atoms with Crippen LogP contribution in [0.4, 0.5) is 4.39 Å². The van der Waals surface area contributed by atoms with E-state index in [-0.39, 0.29) is 17.8 Å². The number of hydrogen-bond donors (Lipinski definition) is 1. The summed E-state index contributed by atoms with van der Waals surface area (Å²) in [5.74, 6) is 0.0830. The molecule has 0 bridgehead atoms. The van der Waals surface area contributed by atoms with Crippen molar-refractivity contribution in [3.63, 3.8) is 0 Å². The second-order valence-electron chi connectivity index (χ2n) is 6.08. The number of ether oxygens (including phenoxy) is 1. The molecule has 122 valence electrons. The molecule has 1 amide bonds. The number of carbonyl (C=O) groups excluding carboxylic acids is 1. The maximum Gasteiger partial charge on any atom is 0.261 e. The van der Waals surface area contributed by atoms with Gasteiger partial charge in [-0.05, 0) is 45.0 Å². The number of aryl methyl sites for hydroxylation is 2. The number of aromatic nitrogens is 2. The highest BCUT2D eigenvalue weighted by molar-refractivity contribution is 5.82. The summed E-state index contributed by atoms with van der Waals surface area (Å²) < 4.78 is 20.7. The number of benzene rings is 1. The molecule has 1 aromatic carbocycles. The van der Waals surface area contributed by atoms with Gasteiger partial charge in [0.1, 0.15) is 11.6 Å². The van der Waals surface area contributed by atoms with E-state index in [2.05, 4.69) is 10.4 Å². The lowest BCUT2D eigenvalue weighted by Gasteiger charge is -2.17. The van der Waals surface area contributed by atoms with Crippen LogP contribution in [0.3, 0.4) is 0 Å². The molecule has 0 saturated carbocycles. The van der Waals surface area contributed by atoms with Crippen molar-refractivity contribution in [2.45, 2.75) is 45.9 Å². The highest BCUT2D eigenvalue weighted by Crippen LogP contribution is 2.29. The van der Waals surface area contributed by atoms with E-state index >= 15 is 0 Å². The van der Waals surface area contributed by atoms with E-state index in [9.17, 15) is 9.18 Å². The Hall–Kier alpha value is -2.37. The van der Waals surface area contributed by atoms with E-state index in [1.165, 1.54) is 12.1 Å². The number of amides is 1. The normalized spacial score (nSPS) is 17.5. The fourth-order valence-corrected chi connectivity index (χ4v) is 2.86. The summed E-state index contributed by atoms with van der Waals surface area (Å²) >= 11 is 0. The molecular weight excluding hydrogens is 297 g/mol. The Bertz CT molecular complexity index is 741. The molecule has 0 unspecified atom stereocenters. The molecule has 1 aliphatic rings. The summed E-state index contributed by atoms with van der Waals surface area (Å²) in [6.45, 7) is 6.45. The quantitative estimate of drug-likeness (QED) is 0.940. The van der Waals surface area contributed by atoms with Crippen LogP contribution in [0.2, 0.25) is 0 Å². The van der Waals surface area contributed by atoms with E-state index in [0.717, 1.165) is 17.0 Å². The third-order valence-electron chi connectivity index (χ3n) is 3.93. The monoisotopic (exact) mass is 317 g/mol. The summed E-state index contributed by atoms with van der Waals surface area (Å²) in [6, 6.07) is 6.24. The van der Waals surface area contributed by atoms with Crippen LogP contribution >= 0.6 is 0 Å². The Morgan fingerprint density at radius 2 is 2.26 bits per heavy atom. The summed E-state index contributed by atoms with van der Waals surface area (Å²) in [5.41, 5.74) is 2.75. The molecule has 2 atom stereocenters. The zero-order chi connectivity index (χ0) is 16.6. The largest absolute Gasteiger partial charge is 0.480 e. The van der Waals surface area contributed by atoms with Gasteiger partial charge in [-0.2, -0.15) is 5.10 Å². The molecule has 1 aromatic heterocycles. The molecule has 1 N–H and O–H groups in total. The Labute approximate surface area is 134 Å². The van der Waals surface area contributed by atoms with Gasteiger partial charge in [0.25, 0.3) is 5.91 Å². The lowest BCUT2D eigenvalue weighted by atomic mass is 10.1. The molecule has 0 spiro atoms. The SMILES string of the molecule is Cc1cc(C)n(C[C@H](C)NC(=O)[C@H]2Cc3cc(F)ccc3O2)n1. The summed E-state index contributed by atoms with van der Waals surface area (Å²) in [6.07, 6.45) is -0.208. The average Bonchev–Trinajstić information content (AvgIpc) is 3.01. The van der Waals surface area contributed by atoms with Gasteiger partial charge in [0.2, 0.25) is 0 Å². The predicted octanol–water partition coefficient (Wildman–Crippen LogP) is 2.15. The highest BCUT2D eigenvalue weighted by Gasteiger charge is 2.30. The number of carbonyl (C=O) groups is 1. The van der Waals surface area contributed by atoms with Crippen LogP contribution in [-0.2, 0) is 17.8 Å². The second-order valence-corrected chi connectivity index (χ2v) is 6.08. The van der Waals surface area contributed by atoms with Crippen molar-refractivity contribution >= 4 is 5.91 Å². The number of nitrogens with one attached hydrogen (secondary N) is 1. The zero-order valence-corrected chi connectivity index (χ0v) is 13.5. The minimum atomic E-state index is -0.602. The smallest absolute Gasteiger partial charge is 0.261 e. The molecule has 0 radical (unpaired) electrons. The van der Waals surface area contributed by atoms with Crippen LogP contribution in [0.25, 0.3) is 0 Å². The molecule has 2 heterocycles. The lowest BCUT2D eigenvalue weighted by molar-refractivity contribution is -0.127. The van der Waals surface area contributed by atoms with Gasteiger partial charge in [0.15, 0.2) is 6.10 Å². The standard InChI is InChI=1S/C17H20FN3O2/c1-10-6-12(3)21(20-10)9-11(2)19-17(22)16-8-13-7-14(18)4-5-15(13)23-16/h4-7,11,16H,8-9H2,1-3H3,(H,19,22)/t11-,16+/m0/s1. The molecule has 5 nitrogen and oxygen atoms in total. The molecule has 23 heavy (non-hydrogen) atoms. The van der Waals surface area contributed by atoms with Gasteiger partial charge in [0.05, 0.1) is 12.2 Å². The van der Waals surface area contributed by atoms with Crippen molar-refractivity contribution in [1.82, 2.24) is 15.1 Å². The Morgan fingerprint density at radius 3 is 2.96 bits per heavy atom. The Balaban J connectivity index is 1.58. The number of hydrogen-bond acceptors (Lipinski definition) is 3. The first kappa shape index (κ1) is 15.5. The molecule has 6 heteroatoms. The van der Waals surface area contributed by atoms with Crippen molar-refractivity contribution in [1.29, 1.82) is 0 Å². The van der Waals surface area contributed by atoms with Gasteiger partial charge < -0.3 is 10.1 Å². The van der Waals surface area contributed by atoms with Crippen molar-refractivity contribution in [2.24, 2.45) is 0 Å². The molecule has 0 aliphatic carbocycles. The fourth-order valence-electron chi connectivity index (χ4n) is 2.86. The number of halogens is 1. The van der Waals surface area contributed by atoms with E-state index < -0.39 is 6.10 Å². The topological polar surface area (TPSA) is 56.2 Å². The van der Waals surface area contributed by atoms with Gasteiger partial charge in [0, 0.05) is 23.7 Å². The molecule has 0 fully saturated rings. The fraction of sp³-hybridized carbons (Fsp3) is 0.412. The first-order valence-corrected chi connectivity index (χ1v) is 7.69. The number of rotatable bonds is 4. The maximum absolute atomic E-state index is 13.2. The van der Waals surface area contributed by atoms with Gasteiger partial charge in [-0.1, -0.05) is 0 Å². The molecular formula is C17H20FN3O2. The van der Waals surface area contributed by atoms with Crippen LogP contribution in [0.5, 0.6) is 5.75 Å². The van der Waals surface area contributed by atoms with Crippen LogP contribution in [-0.4, -0.2) is 27.8 Å². The summed E-state index contributed by atoms with van der Waals surface area (Å²) in [5, 5.41) is 7.33. The highest BCUT2D eigenvalue weighted by atomic mass is 19.1. The minimum Gasteiger partial charge on any atom is -0.480 e. The van der Waals surface area contributed by atoms with E-state index in [1.54, 1.807) is 6.07 Å². The van der Waals surface area contributed by atoms with Crippen LogP contribution in [0.15, 0.2) is 24.3 Å². The maximum atomic E-state index is 13.2. The van der Waals surface area contributed by atoms with Crippen LogP contribution < -0.4 is 10.1 Å². The zero-order valence-electron chi connectivity index (χ0n) is 13.5. The van der Waals surface area contributed by atoms with Gasteiger partial charge in [-0.15, -0.1) is 0 Å². The van der Waals surface area contributed by atoms with Crippen LogP contribution in [0.1, 0.15) is 23.9 Å². The molecule has 1 aliphatic heterocycles. The third-order valence-corrected chi connectivity index (χ3v) is 3.93. The average molecular weight is 317 g/mol. The van der Waals surface area contributed by atoms with Crippen molar-refractivity contribution < 1.29 is 13.9 Å². The Kier molecular flexibility index (Phi) is 4.07. The summed E-state index contributed by atoms with van der Waals surface area (Å²) in [7, 11) is 0. The molecule has 2 aromatic rings. The third kappa shape index (κ3) is 3.36. The first-order valence-electron chi connectivity index (χ1n) is 7.69. The molecule has 0 saturated heterocycles. The van der Waals surface area contributed by atoms with Gasteiger partial charge in [-0.3, -0.25) is 9.48 Å². The van der Waals surface area contributed by atoms with Crippen LogP contribution in [0, 0.1) is 19.7 Å². The summed E-state index contributed by atoms with van der Waals surface area (Å²) in [4.78, 5) is 12.3. The second kappa shape index (κ2) is 6.02. The van der Waals surface area contributed by atoms with Gasteiger partial charge >= 0.3 is 0 Å². The first-order chi connectivity index (χ1) is 10.9. The van der Waals surface area contributed by atoms with Crippen molar-refractivity contribution in [3.05, 3.63) is 47.0 Å². The van der Waals surface area contributed by atoms with Crippen molar-refractivity contribution in [3.8, 4) is 5.75 Å². The van der Waals surface area contributed by atoms with Gasteiger partial charge in [-0.25, -0.2) is 4.39 Å². The van der Waals surface area contributed by atoms with E-state index in [4.69, 9.17) is 4.74 Å². The van der Waals surface area contributed by atoms with Crippen molar-refractivity contribution in [2.75, 3.05) is 0 Å². The molecule has 3 rings (SSSR count).